The maximum Gasteiger partial charge on any atom is 0.256 e. The molecule has 1 aliphatic carbocycles. The number of hydrogen-bond donors (Lipinski definition) is 2. The van der Waals surface area contributed by atoms with Gasteiger partial charge in [-0.25, -0.2) is 0 Å². The number of nitrogens with zero attached hydrogens (tertiary/aromatic N) is 3. The normalized spacial score (nSPS) is 17.9. The van der Waals surface area contributed by atoms with Gasteiger partial charge in [0.05, 0.1) is 6.20 Å². The molecule has 3 N–H and O–H groups in total. The summed E-state index contributed by atoms with van der Waals surface area (Å²) in [6.45, 7) is 0.660. The van der Waals surface area contributed by atoms with Gasteiger partial charge in [-0.15, -0.1) is 0 Å². The molecule has 106 valence electrons. The van der Waals surface area contributed by atoms with Crippen LogP contribution in [0.5, 0.6) is 0 Å². The summed E-state index contributed by atoms with van der Waals surface area (Å²) in [6, 6.07) is 0. The van der Waals surface area contributed by atoms with Crippen LogP contribution < -0.4 is 11.1 Å². The van der Waals surface area contributed by atoms with Crippen molar-refractivity contribution in [3.8, 4) is 0 Å². The monoisotopic (exact) mass is 265 g/mol. The van der Waals surface area contributed by atoms with Crippen molar-refractivity contribution in [3.05, 3.63) is 11.8 Å². The van der Waals surface area contributed by atoms with E-state index >= 15 is 0 Å². The molecule has 1 heterocycles. The van der Waals surface area contributed by atoms with E-state index in [1.807, 2.05) is 0 Å². The fraction of sp³-hybridized carbons (Fsp3) is 0.692. The molecule has 6 heteroatoms. The van der Waals surface area contributed by atoms with Gasteiger partial charge in [-0.2, -0.15) is 5.10 Å². The molecule has 19 heavy (non-hydrogen) atoms. The van der Waals surface area contributed by atoms with Crippen LogP contribution in [0.2, 0.25) is 0 Å². The molecule has 0 unspecified atom stereocenters. The molecule has 1 aromatic rings. The van der Waals surface area contributed by atoms with E-state index in [0.717, 1.165) is 12.8 Å². The minimum atomic E-state index is -0.140. The zero-order chi connectivity index (χ0) is 14.0. The molecule has 0 spiro atoms. The van der Waals surface area contributed by atoms with Gasteiger partial charge in [0, 0.05) is 19.1 Å². The molecule has 0 aromatic carbocycles. The van der Waals surface area contributed by atoms with Crippen molar-refractivity contribution in [3.63, 3.8) is 0 Å². The predicted molar refractivity (Wildman–Crippen MR) is 74.8 cm³/mol. The van der Waals surface area contributed by atoms with Crippen LogP contribution in [-0.4, -0.2) is 46.8 Å². The highest BCUT2D eigenvalue weighted by atomic mass is 16.1. The lowest BCUT2D eigenvalue weighted by atomic mass is 9.96. The van der Waals surface area contributed by atoms with Crippen molar-refractivity contribution in [2.45, 2.75) is 31.2 Å². The molecule has 0 radical (unpaired) electrons. The highest BCUT2D eigenvalue weighted by Crippen LogP contribution is 2.33. The van der Waals surface area contributed by atoms with E-state index in [0.29, 0.717) is 17.9 Å². The summed E-state index contributed by atoms with van der Waals surface area (Å²) in [5.41, 5.74) is 6.35. The third-order valence-electron chi connectivity index (χ3n) is 4.29. The summed E-state index contributed by atoms with van der Waals surface area (Å²) in [7, 11) is 5.89. The minimum Gasteiger partial charge on any atom is -0.383 e. The molecule has 0 aliphatic heterocycles. The van der Waals surface area contributed by atoms with Crippen molar-refractivity contribution in [2.75, 3.05) is 26.4 Å². The number of nitrogens with one attached hydrogen (secondary N) is 1. The van der Waals surface area contributed by atoms with Gasteiger partial charge < -0.3 is 16.0 Å². The number of aromatic nitrogens is 2. The van der Waals surface area contributed by atoms with Crippen LogP contribution in [0.1, 0.15) is 36.0 Å². The summed E-state index contributed by atoms with van der Waals surface area (Å²) < 4.78 is 1.51. The van der Waals surface area contributed by atoms with Gasteiger partial charge in [-0.1, -0.05) is 12.8 Å². The Labute approximate surface area is 113 Å². The first-order valence-electron chi connectivity index (χ1n) is 6.69. The van der Waals surface area contributed by atoms with E-state index in [4.69, 9.17) is 5.73 Å². The average Bonchev–Trinajstić information content (AvgIpc) is 2.96. The summed E-state index contributed by atoms with van der Waals surface area (Å²) in [5.74, 6) is 0.265. The molecule has 2 rings (SSSR count). The lowest BCUT2D eigenvalue weighted by Crippen LogP contribution is -2.50. The van der Waals surface area contributed by atoms with Crippen LogP contribution in [-0.2, 0) is 7.05 Å². The molecule has 1 fully saturated rings. The second kappa shape index (κ2) is 5.21. The fourth-order valence-electron chi connectivity index (χ4n) is 2.78. The van der Waals surface area contributed by atoms with E-state index in [1.54, 1.807) is 7.05 Å². The number of carbonyl (C=O) groups excluding carboxylic acids is 1. The third-order valence-corrected chi connectivity index (χ3v) is 4.29. The van der Waals surface area contributed by atoms with Crippen LogP contribution in [0, 0.1) is 0 Å². The van der Waals surface area contributed by atoms with Crippen molar-refractivity contribution < 1.29 is 4.79 Å². The topological polar surface area (TPSA) is 76.2 Å². The molecule has 1 aliphatic rings. The number of amides is 1. The Morgan fingerprint density at radius 1 is 1.53 bits per heavy atom. The first-order chi connectivity index (χ1) is 8.96. The van der Waals surface area contributed by atoms with Crippen LogP contribution in [0.15, 0.2) is 6.20 Å². The molecule has 0 bridgehead atoms. The molecule has 1 saturated carbocycles. The SMILES string of the molecule is CN(C)C1(CNC(=O)c2cnn(C)c2N)CCCC1. The van der Waals surface area contributed by atoms with Crippen molar-refractivity contribution >= 4 is 11.7 Å². The largest absolute Gasteiger partial charge is 0.383 e. The summed E-state index contributed by atoms with van der Waals surface area (Å²) in [6.07, 6.45) is 6.22. The van der Waals surface area contributed by atoms with E-state index in [2.05, 4.69) is 29.4 Å². The lowest BCUT2D eigenvalue weighted by Gasteiger charge is -2.36. The third kappa shape index (κ3) is 2.58. The number of anilines is 1. The molecule has 0 saturated heterocycles. The van der Waals surface area contributed by atoms with Crippen molar-refractivity contribution in [1.82, 2.24) is 20.0 Å². The summed E-state index contributed by atoms with van der Waals surface area (Å²) >= 11 is 0. The predicted octanol–water partition coefficient (Wildman–Crippen LogP) is 0.606. The van der Waals surface area contributed by atoms with Gasteiger partial charge in [-0.3, -0.25) is 9.48 Å². The number of likely N-dealkylation sites (N-methyl/N-ethyl adjacent to an activating group) is 1. The Morgan fingerprint density at radius 3 is 2.63 bits per heavy atom. The average molecular weight is 265 g/mol. The van der Waals surface area contributed by atoms with Gasteiger partial charge in [-0.05, 0) is 26.9 Å². The molecule has 6 nitrogen and oxygen atoms in total. The summed E-state index contributed by atoms with van der Waals surface area (Å²) in [5, 5.41) is 6.99. The van der Waals surface area contributed by atoms with Crippen molar-refractivity contribution in [1.29, 1.82) is 0 Å². The maximum absolute atomic E-state index is 12.1. The van der Waals surface area contributed by atoms with E-state index in [9.17, 15) is 4.79 Å². The Hall–Kier alpha value is -1.56. The minimum absolute atomic E-state index is 0.0899. The Bertz CT molecular complexity index is 460. The molecule has 1 amide bonds. The Kier molecular flexibility index (Phi) is 3.80. The first kappa shape index (κ1) is 13.9. The van der Waals surface area contributed by atoms with Gasteiger partial charge in [0.25, 0.3) is 5.91 Å². The molecular weight excluding hydrogens is 242 g/mol. The molecule has 0 atom stereocenters. The Balaban J connectivity index is 2.02. The smallest absolute Gasteiger partial charge is 0.256 e. The number of rotatable bonds is 4. The standard InChI is InChI=1S/C13H23N5O/c1-17(2)13(6-4-5-7-13)9-15-12(19)10-8-16-18(3)11(10)14/h8H,4-7,9,14H2,1-3H3,(H,15,19). The number of aryl methyl sites for hydroxylation is 1. The van der Waals surface area contributed by atoms with Crippen LogP contribution in [0.3, 0.4) is 0 Å². The fourth-order valence-corrected chi connectivity index (χ4v) is 2.78. The zero-order valence-corrected chi connectivity index (χ0v) is 11.9. The second-order valence-electron chi connectivity index (χ2n) is 5.58. The van der Waals surface area contributed by atoms with Gasteiger partial charge in [0.15, 0.2) is 0 Å². The second-order valence-corrected chi connectivity index (χ2v) is 5.58. The van der Waals surface area contributed by atoms with Gasteiger partial charge >= 0.3 is 0 Å². The van der Waals surface area contributed by atoms with Gasteiger partial charge in [0.2, 0.25) is 0 Å². The molecule has 1 aromatic heterocycles. The number of nitrogen functional groups attached to an aromatic ring is 1. The van der Waals surface area contributed by atoms with E-state index < -0.39 is 0 Å². The van der Waals surface area contributed by atoms with E-state index in [-0.39, 0.29) is 11.4 Å². The maximum atomic E-state index is 12.1. The van der Waals surface area contributed by atoms with Crippen LogP contribution in [0.4, 0.5) is 5.82 Å². The number of nitrogens with two attached hydrogens (primary N) is 1. The van der Waals surface area contributed by atoms with Crippen LogP contribution >= 0.6 is 0 Å². The number of carbonyl (C=O) groups is 1. The van der Waals surface area contributed by atoms with Crippen LogP contribution in [0.25, 0.3) is 0 Å². The quantitative estimate of drug-likeness (QED) is 0.836. The Morgan fingerprint density at radius 2 is 2.16 bits per heavy atom. The van der Waals surface area contributed by atoms with Crippen molar-refractivity contribution in [2.24, 2.45) is 7.05 Å². The first-order valence-corrected chi connectivity index (χ1v) is 6.69. The van der Waals surface area contributed by atoms with E-state index in [1.165, 1.54) is 23.7 Å². The lowest BCUT2D eigenvalue weighted by molar-refractivity contribution is 0.0901. The zero-order valence-electron chi connectivity index (χ0n) is 11.9. The summed E-state index contributed by atoms with van der Waals surface area (Å²) in [4.78, 5) is 14.4. The highest BCUT2D eigenvalue weighted by molar-refractivity contribution is 5.98. The molecular formula is C13H23N5O. The highest BCUT2D eigenvalue weighted by Gasteiger charge is 2.36. The van der Waals surface area contributed by atoms with Gasteiger partial charge in [0.1, 0.15) is 11.4 Å². The number of hydrogen-bond acceptors (Lipinski definition) is 4.